The maximum atomic E-state index is 12.6. The highest BCUT2D eigenvalue weighted by molar-refractivity contribution is 5.94. The van der Waals surface area contributed by atoms with E-state index in [1.54, 1.807) is 0 Å². The molecule has 24 heavy (non-hydrogen) atoms. The van der Waals surface area contributed by atoms with Gasteiger partial charge in [0.1, 0.15) is 0 Å². The molecule has 1 fully saturated rings. The van der Waals surface area contributed by atoms with Gasteiger partial charge < -0.3 is 10.2 Å². The van der Waals surface area contributed by atoms with E-state index in [1.807, 2.05) is 43.0 Å². The van der Waals surface area contributed by atoms with E-state index in [-0.39, 0.29) is 17.9 Å². The van der Waals surface area contributed by atoms with Gasteiger partial charge in [-0.2, -0.15) is 0 Å². The predicted molar refractivity (Wildman–Crippen MR) is 96.2 cm³/mol. The topological polar surface area (TPSA) is 52.7 Å². The Morgan fingerprint density at radius 3 is 2.08 bits per heavy atom. The molecule has 0 bridgehead atoms. The second kappa shape index (κ2) is 8.29. The van der Waals surface area contributed by atoms with E-state index in [1.165, 1.54) is 5.56 Å². The lowest BCUT2D eigenvalue weighted by molar-refractivity contribution is -0.123. The van der Waals surface area contributed by atoms with Crippen LogP contribution in [0.5, 0.6) is 0 Å². The highest BCUT2D eigenvalue weighted by atomic mass is 16.2. The van der Waals surface area contributed by atoms with Gasteiger partial charge in [-0.1, -0.05) is 26.0 Å². The molecule has 1 heterocycles. The van der Waals surface area contributed by atoms with E-state index in [0.29, 0.717) is 25.6 Å². The van der Waals surface area contributed by atoms with Crippen LogP contribution in [0, 0.1) is 0 Å². The first-order valence-electron chi connectivity index (χ1n) is 8.77. The first-order chi connectivity index (χ1) is 11.4. The smallest absolute Gasteiger partial charge is 0.253 e. The molecule has 0 aliphatic carbocycles. The summed E-state index contributed by atoms with van der Waals surface area (Å²) >= 11 is 0. The number of carbonyl (C=O) groups is 2. The van der Waals surface area contributed by atoms with Gasteiger partial charge in [0.25, 0.3) is 5.91 Å². The van der Waals surface area contributed by atoms with Crippen molar-refractivity contribution in [1.82, 2.24) is 15.1 Å². The van der Waals surface area contributed by atoms with Crippen LogP contribution in [0.15, 0.2) is 24.3 Å². The van der Waals surface area contributed by atoms with Crippen LogP contribution in [0.4, 0.5) is 0 Å². The van der Waals surface area contributed by atoms with Crippen LogP contribution in [-0.2, 0) is 4.79 Å². The summed E-state index contributed by atoms with van der Waals surface area (Å²) in [7, 11) is 0. The maximum Gasteiger partial charge on any atom is 0.253 e. The van der Waals surface area contributed by atoms with Gasteiger partial charge in [-0.25, -0.2) is 0 Å². The van der Waals surface area contributed by atoms with Crippen LogP contribution in [0.2, 0.25) is 0 Å². The van der Waals surface area contributed by atoms with Crippen LogP contribution in [-0.4, -0.2) is 60.4 Å². The number of benzene rings is 1. The molecule has 1 aliphatic rings. The number of carbonyl (C=O) groups excluding carboxylic acids is 2. The maximum absolute atomic E-state index is 12.6. The minimum atomic E-state index is 0.0500. The van der Waals surface area contributed by atoms with Gasteiger partial charge in [-0.15, -0.1) is 0 Å². The summed E-state index contributed by atoms with van der Waals surface area (Å²) in [5.74, 6) is 0.598. The average molecular weight is 331 g/mol. The van der Waals surface area contributed by atoms with Crippen LogP contribution in [0.3, 0.4) is 0 Å². The highest BCUT2D eigenvalue weighted by Crippen LogP contribution is 2.16. The number of rotatable bonds is 5. The standard InChI is InChI=1S/C19H29N3O2/c1-14(2)16-5-7-17(8-6-16)19(24)22-11-9-21(10-12-22)13-18(23)20-15(3)4/h5-8,14-15H,9-13H2,1-4H3,(H,20,23). The van der Waals surface area contributed by atoms with Crippen LogP contribution >= 0.6 is 0 Å². The van der Waals surface area contributed by atoms with Crippen molar-refractivity contribution >= 4 is 11.8 Å². The van der Waals surface area contributed by atoms with Crippen molar-refractivity contribution in [3.05, 3.63) is 35.4 Å². The third kappa shape index (κ3) is 5.06. The second-order valence-electron chi connectivity index (χ2n) is 7.07. The van der Waals surface area contributed by atoms with E-state index >= 15 is 0 Å². The molecule has 5 nitrogen and oxygen atoms in total. The number of amides is 2. The summed E-state index contributed by atoms with van der Waals surface area (Å²) in [6, 6.07) is 8.06. The van der Waals surface area contributed by atoms with E-state index in [2.05, 4.69) is 24.1 Å². The van der Waals surface area contributed by atoms with Crippen LogP contribution in [0.1, 0.15) is 49.5 Å². The van der Waals surface area contributed by atoms with E-state index in [4.69, 9.17) is 0 Å². The van der Waals surface area contributed by atoms with Crippen molar-refractivity contribution in [2.75, 3.05) is 32.7 Å². The van der Waals surface area contributed by atoms with Crippen molar-refractivity contribution < 1.29 is 9.59 Å². The Morgan fingerprint density at radius 2 is 1.58 bits per heavy atom. The molecular weight excluding hydrogens is 302 g/mol. The lowest BCUT2D eigenvalue weighted by Gasteiger charge is -2.34. The number of hydrogen-bond acceptors (Lipinski definition) is 3. The van der Waals surface area contributed by atoms with Gasteiger partial charge >= 0.3 is 0 Å². The van der Waals surface area contributed by atoms with E-state index in [0.717, 1.165) is 18.7 Å². The molecule has 0 aromatic heterocycles. The Bertz CT molecular complexity index is 558. The van der Waals surface area contributed by atoms with Gasteiger partial charge in [0.05, 0.1) is 6.54 Å². The quantitative estimate of drug-likeness (QED) is 0.899. The summed E-state index contributed by atoms with van der Waals surface area (Å²) in [4.78, 5) is 28.4. The zero-order valence-electron chi connectivity index (χ0n) is 15.2. The Balaban J connectivity index is 1.85. The molecule has 1 saturated heterocycles. The monoisotopic (exact) mass is 331 g/mol. The molecular formula is C19H29N3O2. The molecule has 1 aromatic rings. The minimum absolute atomic E-state index is 0.0500. The minimum Gasteiger partial charge on any atom is -0.353 e. The molecule has 1 aliphatic heterocycles. The number of piperazine rings is 1. The number of nitrogens with one attached hydrogen (secondary N) is 1. The van der Waals surface area contributed by atoms with Gasteiger partial charge in [-0.3, -0.25) is 14.5 Å². The molecule has 0 radical (unpaired) electrons. The summed E-state index contributed by atoms with van der Waals surface area (Å²) in [6.45, 7) is 11.4. The lowest BCUT2D eigenvalue weighted by Crippen LogP contribution is -2.51. The number of hydrogen-bond donors (Lipinski definition) is 1. The first-order valence-corrected chi connectivity index (χ1v) is 8.77. The lowest BCUT2D eigenvalue weighted by atomic mass is 10.0. The van der Waals surface area contributed by atoms with Gasteiger partial charge in [0.2, 0.25) is 5.91 Å². The molecule has 0 atom stereocenters. The molecule has 5 heteroatoms. The second-order valence-corrected chi connectivity index (χ2v) is 7.07. The molecule has 1 N–H and O–H groups in total. The highest BCUT2D eigenvalue weighted by Gasteiger charge is 2.23. The molecule has 2 rings (SSSR count). The summed E-state index contributed by atoms with van der Waals surface area (Å²) in [6.07, 6.45) is 0. The van der Waals surface area contributed by atoms with Crippen LogP contribution < -0.4 is 5.32 Å². The van der Waals surface area contributed by atoms with Crippen molar-refractivity contribution in [2.24, 2.45) is 0 Å². The van der Waals surface area contributed by atoms with Crippen molar-refractivity contribution in [3.8, 4) is 0 Å². The SMILES string of the molecule is CC(C)NC(=O)CN1CCN(C(=O)c2ccc(C(C)C)cc2)CC1. The molecule has 1 aromatic carbocycles. The molecule has 0 unspecified atom stereocenters. The average Bonchev–Trinajstić information content (AvgIpc) is 2.54. The Labute approximate surface area is 145 Å². The van der Waals surface area contributed by atoms with Gasteiger partial charge in [0.15, 0.2) is 0 Å². The first kappa shape index (κ1) is 18.5. The summed E-state index contributed by atoms with van der Waals surface area (Å²) < 4.78 is 0. The van der Waals surface area contributed by atoms with Crippen LogP contribution in [0.25, 0.3) is 0 Å². The Hall–Kier alpha value is -1.88. The summed E-state index contributed by atoms with van der Waals surface area (Å²) in [5.41, 5.74) is 1.98. The van der Waals surface area contributed by atoms with E-state index in [9.17, 15) is 9.59 Å². The number of nitrogens with zero attached hydrogens (tertiary/aromatic N) is 2. The Morgan fingerprint density at radius 1 is 1.00 bits per heavy atom. The molecule has 132 valence electrons. The zero-order valence-corrected chi connectivity index (χ0v) is 15.2. The molecule has 0 saturated carbocycles. The van der Waals surface area contributed by atoms with E-state index < -0.39 is 0 Å². The molecule has 0 spiro atoms. The largest absolute Gasteiger partial charge is 0.353 e. The zero-order chi connectivity index (χ0) is 17.7. The normalized spacial score (nSPS) is 15.8. The van der Waals surface area contributed by atoms with Crippen molar-refractivity contribution in [2.45, 2.75) is 39.7 Å². The predicted octanol–water partition coefficient (Wildman–Crippen LogP) is 2.09. The fourth-order valence-corrected chi connectivity index (χ4v) is 2.87. The third-order valence-electron chi connectivity index (χ3n) is 4.30. The van der Waals surface area contributed by atoms with Crippen molar-refractivity contribution in [1.29, 1.82) is 0 Å². The third-order valence-corrected chi connectivity index (χ3v) is 4.30. The Kier molecular flexibility index (Phi) is 6.37. The summed E-state index contributed by atoms with van der Waals surface area (Å²) in [5, 5.41) is 2.90. The van der Waals surface area contributed by atoms with Crippen molar-refractivity contribution in [3.63, 3.8) is 0 Å². The van der Waals surface area contributed by atoms with Gasteiger partial charge in [-0.05, 0) is 37.5 Å². The van der Waals surface area contributed by atoms with Gasteiger partial charge in [0, 0.05) is 37.8 Å². The fourth-order valence-electron chi connectivity index (χ4n) is 2.87. The fraction of sp³-hybridized carbons (Fsp3) is 0.579. The molecule has 2 amide bonds.